The predicted molar refractivity (Wildman–Crippen MR) is 212 cm³/mol. The minimum Gasteiger partial charge on any atom is -0.387 e. The van der Waals surface area contributed by atoms with Gasteiger partial charge in [0.25, 0.3) is 0 Å². The first-order valence-electron chi connectivity index (χ1n) is 20.0. The van der Waals surface area contributed by atoms with Crippen LogP contribution in [0.4, 0.5) is 0 Å². The van der Waals surface area contributed by atoms with Crippen molar-refractivity contribution >= 4 is 13.7 Å². The molecule has 3 unspecified atom stereocenters. The van der Waals surface area contributed by atoms with E-state index in [1.807, 2.05) is 27.2 Å². The molecule has 0 saturated heterocycles. The molecular formula is C41H78N2O6P+. The van der Waals surface area contributed by atoms with Gasteiger partial charge < -0.3 is 19.8 Å². The SMILES string of the molecule is CCCCCCC/C=C/CC/C=C/CC/C=C/C(O)C(COP(=O)(O)OCC[N+](C)(C)C)NC(=O)CCCCC/C=C\CCCCCCCC. The molecule has 0 heterocycles. The summed E-state index contributed by atoms with van der Waals surface area (Å²) in [4.78, 5) is 23.0. The third-order valence-corrected chi connectivity index (χ3v) is 9.48. The number of unbranched alkanes of at least 4 members (excludes halogenated alkanes) is 16. The maximum Gasteiger partial charge on any atom is 0.472 e. The van der Waals surface area contributed by atoms with E-state index in [1.165, 1.54) is 77.0 Å². The third kappa shape index (κ3) is 34.9. The van der Waals surface area contributed by atoms with Crippen molar-refractivity contribution in [2.75, 3.05) is 40.9 Å². The van der Waals surface area contributed by atoms with Crippen LogP contribution in [0.25, 0.3) is 0 Å². The van der Waals surface area contributed by atoms with Crippen LogP contribution in [0.15, 0.2) is 48.6 Å². The first-order valence-corrected chi connectivity index (χ1v) is 21.5. The summed E-state index contributed by atoms with van der Waals surface area (Å²) in [6, 6.07) is -0.875. The molecule has 1 amide bonds. The highest BCUT2D eigenvalue weighted by molar-refractivity contribution is 7.47. The second kappa shape index (κ2) is 33.3. The fraction of sp³-hybridized carbons (Fsp3) is 0.780. The molecule has 292 valence electrons. The van der Waals surface area contributed by atoms with Gasteiger partial charge in [0.05, 0.1) is 39.9 Å². The van der Waals surface area contributed by atoms with Crippen molar-refractivity contribution in [3.63, 3.8) is 0 Å². The Hall–Kier alpha value is -1.54. The zero-order chi connectivity index (χ0) is 37.2. The lowest BCUT2D eigenvalue weighted by atomic mass is 10.1. The number of hydrogen-bond acceptors (Lipinski definition) is 5. The number of carbonyl (C=O) groups is 1. The molecule has 8 nitrogen and oxygen atoms in total. The molecule has 0 bridgehead atoms. The molecule has 0 aliphatic heterocycles. The highest BCUT2D eigenvalue weighted by Gasteiger charge is 2.27. The van der Waals surface area contributed by atoms with Crippen LogP contribution in [0, 0.1) is 0 Å². The number of aliphatic hydroxyl groups is 1. The summed E-state index contributed by atoms with van der Waals surface area (Å²) in [6.45, 7) is 4.72. The van der Waals surface area contributed by atoms with Crippen molar-refractivity contribution in [1.82, 2.24) is 5.32 Å². The number of phosphoric ester groups is 1. The number of quaternary nitrogens is 1. The lowest BCUT2D eigenvalue weighted by Gasteiger charge is -2.25. The summed E-state index contributed by atoms with van der Waals surface area (Å²) in [6.07, 6.45) is 40.3. The quantitative estimate of drug-likeness (QED) is 0.0260. The number of likely N-dealkylation sites (N-methyl/N-ethyl adjacent to an activating group) is 1. The van der Waals surface area contributed by atoms with Crippen LogP contribution in [0.1, 0.15) is 155 Å². The Morgan fingerprint density at radius 2 is 1.10 bits per heavy atom. The fourth-order valence-electron chi connectivity index (χ4n) is 5.24. The van der Waals surface area contributed by atoms with E-state index in [4.69, 9.17) is 9.05 Å². The fourth-order valence-corrected chi connectivity index (χ4v) is 5.98. The normalized spacial score (nSPS) is 15.1. The van der Waals surface area contributed by atoms with Crippen molar-refractivity contribution in [1.29, 1.82) is 0 Å². The Morgan fingerprint density at radius 1 is 0.660 bits per heavy atom. The van der Waals surface area contributed by atoms with E-state index in [-0.39, 0.29) is 19.1 Å². The van der Waals surface area contributed by atoms with Crippen LogP contribution in [0.2, 0.25) is 0 Å². The van der Waals surface area contributed by atoms with Crippen molar-refractivity contribution < 1.29 is 32.9 Å². The third-order valence-electron chi connectivity index (χ3n) is 8.50. The molecular weight excluding hydrogens is 647 g/mol. The summed E-state index contributed by atoms with van der Waals surface area (Å²) < 4.78 is 23.4. The number of nitrogens with one attached hydrogen (secondary N) is 1. The average Bonchev–Trinajstić information content (AvgIpc) is 3.06. The van der Waals surface area contributed by atoms with Crippen molar-refractivity contribution in [3.8, 4) is 0 Å². The van der Waals surface area contributed by atoms with Gasteiger partial charge in [0.2, 0.25) is 5.91 Å². The molecule has 0 aromatic carbocycles. The van der Waals surface area contributed by atoms with Crippen LogP contribution in [0.5, 0.6) is 0 Å². The molecule has 3 atom stereocenters. The van der Waals surface area contributed by atoms with Crippen molar-refractivity contribution in [2.45, 2.75) is 167 Å². The Bertz CT molecular complexity index is 959. The number of nitrogens with zero attached hydrogens (tertiary/aromatic N) is 1. The average molecular weight is 726 g/mol. The summed E-state index contributed by atoms with van der Waals surface area (Å²) in [5.74, 6) is -0.211. The van der Waals surface area contributed by atoms with Crippen LogP contribution >= 0.6 is 7.82 Å². The summed E-state index contributed by atoms with van der Waals surface area (Å²) >= 11 is 0. The van der Waals surface area contributed by atoms with E-state index in [0.717, 1.165) is 57.8 Å². The van der Waals surface area contributed by atoms with Crippen LogP contribution in [0.3, 0.4) is 0 Å². The number of carbonyl (C=O) groups excluding carboxylic acids is 1. The van der Waals surface area contributed by atoms with Gasteiger partial charge in [-0.2, -0.15) is 0 Å². The van der Waals surface area contributed by atoms with E-state index in [1.54, 1.807) is 6.08 Å². The van der Waals surface area contributed by atoms with Crippen LogP contribution in [-0.2, 0) is 18.4 Å². The van der Waals surface area contributed by atoms with Gasteiger partial charge in [-0.1, -0.05) is 127 Å². The van der Waals surface area contributed by atoms with E-state index in [0.29, 0.717) is 17.4 Å². The zero-order valence-corrected chi connectivity index (χ0v) is 33.8. The number of phosphoric acid groups is 1. The molecule has 0 aromatic rings. The summed E-state index contributed by atoms with van der Waals surface area (Å²) in [7, 11) is 1.53. The Morgan fingerprint density at radius 3 is 1.60 bits per heavy atom. The molecule has 0 aromatic heterocycles. The van der Waals surface area contributed by atoms with Gasteiger partial charge in [-0.25, -0.2) is 4.57 Å². The number of rotatable bonds is 35. The molecule has 0 rings (SSSR count). The molecule has 0 aliphatic rings. The lowest BCUT2D eigenvalue weighted by molar-refractivity contribution is -0.870. The number of amides is 1. The standard InChI is InChI=1S/C41H77N2O6P/c1-6-8-10-12-14-16-18-20-21-23-24-26-28-30-32-34-40(44)39(38-49-50(46,47)48-37-36-43(3,4)5)42-41(45)35-33-31-29-27-25-22-19-17-15-13-11-9-7-2/h18,20,22,24-26,32,34,39-40,44H,6-17,19,21,23,27-31,33,35-38H2,1-5H3,(H-,42,45,46,47)/p+1/b20-18+,25-22-,26-24+,34-32+. The minimum atomic E-state index is -4.35. The van der Waals surface area contributed by atoms with E-state index >= 15 is 0 Å². The first kappa shape index (κ1) is 48.5. The molecule has 50 heavy (non-hydrogen) atoms. The number of hydrogen-bond donors (Lipinski definition) is 3. The summed E-state index contributed by atoms with van der Waals surface area (Å²) in [5, 5.41) is 13.7. The molecule has 9 heteroatoms. The number of aliphatic hydroxyl groups excluding tert-OH is 1. The second-order valence-corrected chi connectivity index (χ2v) is 16.1. The van der Waals surface area contributed by atoms with Crippen LogP contribution < -0.4 is 5.32 Å². The molecule has 0 aliphatic carbocycles. The first-order chi connectivity index (χ1) is 24.0. The van der Waals surface area contributed by atoms with Crippen LogP contribution in [-0.4, -0.2) is 73.4 Å². The maximum atomic E-state index is 12.8. The van der Waals surface area contributed by atoms with Crippen molar-refractivity contribution in [3.05, 3.63) is 48.6 Å². The molecule has 0 saturated carbocycles. The monoisotopic (exact) mass is 726 g/mol. The van der Waals surface area contributed by atoms with Gasteiger partial charge in [-0.15, -0.1) is 0 Å². The predicted octanol–water partition coefficient (Wildman–Crippen LogP) is 10.5. The molecule has 0 fully saturated rings. The second-order valence-electron chi connectivity index (χ2n) is 14.6. The van der Waals surface area contributed by atoms with Gasteiger partial charge >= 0.3 is 7.82 Å². The topological polar surface area (TPSA) is 105 Å². The van der Waals surface area contributed by atoms with Gasteiger partial charge in [0, 0.05) is 6.42 Å². The zero-order valence-electron chi connectivity index (χ0n) is 32.9. The minimum absolute atomic E-state index is 0.0495. The molecule has 0 radical (unpaired) electrons. The van der Waals surface area contributed by atoms with Gasteiger partial charge in [-0.3, -0.25) is 13.8 Å². The smallest absolute Gasteiger partial charge is 0.387 e. The lowest BCUT2D eigenvalue weighted by Crippen LogP contribution is -2.45. The maximum absolute atomic E-state index is 12.8. The van der Waals surface area contributed by atoms with Gasteiger partial charge in [0.1, 0.15) is 13.2 Å². The molecule has 0 spiro atoms. The highest BCUT2D eigenvalue weighted by Crippen LogP contribution is 2.43. The van der Waals surface area contributed by atoms with Gasteiger partial charge in [0.15, 0.2) is 0 Å². The Kier molecular flexibility index (Phi) is 32.3. The van der Waals surface area contributed by atoms with E-state index < -0.39 is 20.0 Å². The van der Waals surface area contributed by atoms with Gasteiger partial charge in [-0.05, 0) is 70.6 Å². The number of allylic oxidation sites excluding steroid dienone is 7. The largest absolute Gasteiger partial charge is 0.472 e. The highest BCUT2D eigenvalue weighted by atomic mass is 31.2. The molecule has 3 N–H and O–H groups in total. The Balaban J connectivity index is 4.64. The van der Waals surface area contributed by atoms with E-state index in [9.17, 15) is 19.4 Å². The Labute approximate surface area is 308 Å². The van der Waals surface area contributed by atoms with E-state index in [2.05, 4.69) is 55.6 Å². The van der Waals surface area contributed by atoms with Crippen molar-refractivity contribution in [2.24, 2.45) is 0 Å². The summed E-state index contributed by atoms with van der Waals surface area (Å²) in [5.41, 5.74) is 0.